The lowest BCUT2D eigenvalue weighted by atomic mass is 10.1. The van der Waals surface area contributed by atoms with Gasteiger partial charge in [0, 0.05) is 25.8 Å². The Balaban J connectivity index is 2.08. The summed E-state index contributed by atoms with van der Waals surface area (Å²) in [6, 6.07) is 7.83. The van der Waals surface area contributed by atoms with Gasteiger partial charge in [0.05, 0.1) is 12.6 Å². The van der Waals surface area contributed by atoms with Crippen LogP contribution in [0.15, 0.2) is 24.3 Å². The van der Waals surface area contributed by atoms with Crippen LogP contribution in [0, 0.1) is 0 Å². The number of aliphatic hydroxyl groups excluding tert-OH is 1. The smallest absolute Gasteiger partial charge is 0.241 e. The highest BCUT2D eigenvalue weighted by molar-refractivity contribution is 5.82. The van der Waals surface area contributed by atoms with E-state index in [1.807, 2.05) is 38.2 Å². The van der Waals surface area contributed by atoms with Gasteiger partial charge < -0.3 is 14.9 Å². The van der Waals surface area contributed by atoms with E-state index in [0.717, 1.165) is 24.3 Å². The number of carbonyl (C=O) groups is 1. The molecule has 0 aliphatic carbocycles. The topological polar surface area (TPSA) is 43.8 Å². The van der Waals surface area contributed by atoms with Gasteiger partial charge in [-0.3, -0.25) is 4.79 Å². The van der Waals surface area contributed by atoms with Gasteiger partial charge in [0.2, 0.25) is 5.91 Å². The Morgan fingerprint density at radius 2 is 1.94 bits per heavy atom. The predicted molar refractivity (Wildman–Crippen MR) is 71.5 cm³/mol. The van der Waals surface area contributed by atoms with Gasteiger partial charge in [-0.05, 0) is 24.1 Å². The van der Waals surface area contributed by atoms with Crippen LogP contribution in [0.25, 0.3) is 0 Å². The average molecular weight is 248 g/mol. The molecule has 0 aromatic heterocycles. The number of carbonyl (C=O) groups excluding carboxylic acids is 1. The summed E-state index contributed by atoms with van der Waals surface area (Å²) in [7, 11) is 1.83. The van der Waals surface area contributed by atoms with E-state index in [4.69, 9.17) is 0 Å². The summed E-state index contributed by atoms with van der Waals surface area (Å²) in [5.41, 5.74) is 1.98. The van der Waals surface area contributed by atoms with Crippen molar-refractivity contribution in [2.24, 2.45) is 0 Å². The number of amides is 1. The van der Waals surface area contributed by atoms with Gasteiger partial charge in [0.25, 0.3) is 0 Å². The molecule has 0 spiro atoms. The van der Waals surface area contributed by atoms with Crippen LogP contribution in [0.5, 0.6) is 0 Å². The molecule has 1 aliphatic rings. The first-order valence-electron chi connectivity index (χ1n) is 6.38. The molecule has 4 heteroatoms. The van der Waals surface area contributed by atoms with Gasteiger partial charge in [-0.1, -0.05) is 19.1 Å². The van der Waals surface area contributed by atoms with Gasteiger partial charge in [0.15, 0.2) is 0 Å². The molecule has 1 atom stereocenters. The third-order valence-corrected chi connectivity index (χ3v) is 3.49. The number of likely N-dealkylation sites (N-methyl/N-ethyl adjacent to an activating group) is 1. The van der Waals surface area contributed by atoms with Gasteiger partial charge in [0.1, 0.15) is 0 Å². The normalized spacial score (nSPS) is 18.1. The second-order valence-corrected chi connectivity index (χ2v) is 4.75. The van der Waals surface area contributed by atoms with E-state index in [9.17, 15) is 9.90 Å². The van der Waals surface area contributed by atoms with Crippen LogP contribution < -0.4 is 4.90 Å². The largest absolute Gasteiger partial charge is 0.388 e. The standard InChI is InChI=1S/C14H20N2O2/c1-3-13(17)11-4-6-12(7-5-11)16-9-8-15(2)14(18)10-16/h4-7,13,17H,3,8-10H2,1-2H3/t13-/m1/s1. The third kappa shape index (κ3) is 2.64. The molecule has 0 radical (unpaired) electrons. The van der Waals surface area contributed by atoms with E-state index in [0.29, 0.717) is 13.0 Å². The van der Waals surface area contributed by atoms with E-state index in [-0.39, 0.29) is 5.91 Å². The highest BCUT2D eigenvalue weighted by Gasteiger charge is 2.21. The highest BCUT2D eigenvalue weighted by Crippen LogP contribution is 2.21. The first-order chi connectivity index (χ1) is 8.61. The lowest BCUT2D eigenvalue weighted by molar-refractivity contribution is -0.129. The zero-order valence-corrected chi connectivity index (χ0v) is 11.0. The molecule has 1 heterocycles. The van der Waals surface area contributed by atoms with Gasteiger partial charge in [-0.25, -0.2) is 0 Å². The van der Waals surface area contributed by atoms with Crippen molar-refractivity contribution < 1.29 is 9.90 Å². The van der Waals surface area contributed by atoms with Crippen LogP contribution >= 0.6 is 0 Å². The number of benzene rings is 1. The Kier molecular flexibility index (Phi) is 3.87. The highest BCUT2D eigenvalue weighted by atomic mass is 16.3. The number of hydrogen-bond donors (Lipinski definition) is 1. The molecule has 1 amide bonds. The van der Waals surface area contributed by atoms with Crippen LogP contribution in [0.4, 0.5) is 5.69 Å². The summed E-state index contributed by atoms with van der Waals surface area (Å²) < 4.78 is 0. The summed E-state index contributed by atoms with van der Waals surface area (Å²) in [6.07, 6.45) is 0.319. The number of piperazine rings is 1. The molecule has 0 bridgehead atoms. The summed E-state index contributed by atoms with van der Waals surface area (Å²) in [4.78, 5) is 15.5. The molecule has 1 aliphatic heterocycles. The number of aliphatic hydroxyl groups is 1. The molecule has 0 saturated carbocycles. The van der Waals surface area contributed by atoms with Crippen molar-refractivity contribution in [3.63, 3.8) is 0 Å². The fraction of sp³-hybridized carbons (Fsp3) is 0.500. The summed E-state index contributed by atoms with van der Waals surface area (Å²) in [5.74, 6) is 0.152. The lowest BCUT2D eigenvalue weighted by Crippen LogP contribution is -2.48. The zero-order valence-electron chi connectivity index (χ0n) is 11.0. The van der Waals surface area contributed by atoms with Crippen molar-refractivity contribution in [2.45, 2.75) is 19.4 Å². The Labute approximate surface area is 108 Å². The van der Waals surface area contributed by atoms with E-state index < -0.39 is 6.10 Å². The van der Waals surface area contributed by atoms with Crippen LogP contribution in [0.2, 0.25) is 0 Å². The minimum absolute atomic E-state index is 0.152. The third-order valence-electron chi connectivity index (χ3n) is 3.49. The molecule has 1 N–H and O–H groups in total. The molecular formula is C14H20N2O2. The van der Waals surface area contributed by atoms with Crippen LogP contribution in [0.3, 0.4) is 0 Å². The maximum Gasteiger partial charge on any atom is 0.241 e. The minimum Gasteiger partial charge on any atom is -0.388 e. The maximum atomic E-state index is 11.6. The molecule has 1 fully saturated rings. The molecule has 0 unspecified atom stereocenters. The maximum absolute atomic E-state index is 11.6. The molecule has 18 heavy (non-hydrogen) atoms. The van der Waals surface area contributed by atoms with E-state index in [2.05, 4.69) is 4.90 Å². The first kappa shape index (κ1) is 12.9. The second-order valence-electron chi connectivity index (χ2n) is 4.75. The fourth-order valence-electron chi connectivity index (χ4n) is 2.12. The fourth-order valence-corrected chi connectivity index (χ4v) is 2.12. The van der Waals surface area contributed by atoms with Crippen molar-refractivity contribution >= 4 is 11.6 Å². The molecule has 1 aromatic rings. The summed E-state index contributed by atoms with van der Waals surface area (Å²) >= 11 is 0. The lowest BCUT2D eigenvalue weighted by Gasteiger charge is -2.33. The van der Waals surface area contributed by atoms with Gasteiger partial charge in [-0.15, -0.1) is 0 Å². The van der Waals surface area contributed by atoms with Crippen molar-refractivity contribution in [3.8, 4) is 0 Å². The minimum atomic E-state index is -0.395. The van der Waals surface area contributed by atoms with Crippen molar-refractivity contribution in [1.82, 2.24) is 4.90 Å². The quantitative estimate of drug-likeness (QED) is 0.879. The van der Waals surface area contributed by atoms with Crippen LogP contribution in [-0.4, -0.2) is 42.6 Å². The number of rotatable bonds is 3. The number of nitrogens with zero attached hydrogens (tertiary/aromatic N) is 2. The van der Waals surface area contributed by atoms with Crippen molar-refractivity contribution in [3.05, 3.63) is 29.8 Å². The molecular weight excluding hydrogens is 228 g/mol. The summed E-state index contributed by atoms with van der Waals surface area (Å²) in [6.45, 7) is 4.01. The van der Waals surface area contributed by atoms with E-state index in [1.54, 1.807) is 4.90 Å². The molecule has 4 nitrogen and oxygen atoms in total. The Morgan fingerprint density at radius 3 is 2.50 bits per heavy atom. The Bertz CT molecular complexity index is 416. The zero-order chi connectivity index (χ0) is 13.1. The molecule has 1 aromatic carbocycles. The SMILES string of the molecule is CC[C@@H](O)c1ccc(N2CCN(C)C(=O)C2)cc1. The summed E-state index contributed by atoms with van der Waals surface area (Å²) in [5, 5.41) is 9.73. The van der Waals surface area contributed by atoms with E-state index in [1.165, 1.54) is 0 Å². The predicted octanol–water partition coefficient (Wildman–Crippen LogP) is 1.41. The first-order valence-corrected chi connectivity index (χ1v) is 6.38. The molecule has 1 saturated heterocycles. The van der Waals surface area contributed by atoms with Crippen LogP contribution in [-0.2, 0) is 4.79 Å². The second kappa shape index (κ2) is 5.40. The van der Waals surface area contributed by atoms with E-state index >= 15 is 0 Å². The van der Waals surface area contributed by atoms with Crippen LogP contribution in [0.1, 0.15) is 25.0 Å². The van der Waals surface area contributed by atoms with Gasteiger partial charge in [-0.2, -0.15) is 0 Å². The molecule has 2 rings (SSSR count). The number of anilines is 1. The Hall–Kier alpha value is -1.55. The Morgan fingerprint density at radius 1 is 1.28 bits per heavy atom. The number of hydrogen-bond acceptors (Lipinski definition) is 3. The van der Waals surface area contributed by atoms with Crippen molar-refractivity contribution in [2.75, 3.05) is 31.6 Å². The monoisotopic (exact) mass is 248 g/mol. The van der Waals surface area contributed by atoms with Gasteiger partial charge >= 0.3 is 0 Å². The average Bonchev–Trinajstić information content (AvgIpc) is 2.41. The molecule has 98 valence electrons. The van der Waals surface area contributed by atoms with Crippen molar-refractivity contribution in [1.29, 1.82) is 0 Å².